The van der Waals surface area contributed by atoms with Gasteiger partial charge in [-0.15, -0.1) is 0 Å². The first-order chi connectivity index (χ1) is 8.61. The Labute approximate surface area is 114 Å². The summed E-state index contributed by atoms with van der Waals surface area (Å²) in [7, 11) is 1.84. The number of halogens is 2. The largest absolute Gasteiger partial charge is 0.392 e. The first kappa shape index (κ1) is 13.1. The third-order valence-electron chi connectivity index (χ3n) is 2.77. The molecule has 18 heavy (non-hydrogen) atoms. The summed E-state index contributed by atoms with van der Waals surface area (Å²) in [6.07, 6.45) is 0. The molecule has 2 rings (SSSR count). The van der Waals surface area contributed by atoms with Crippen LogP contribution in [-0.2, 0) is 6.61 Å². The number of nitrogens with zero attached hydrogens (tertiary/aromatic N) is 1. The summed E-state index contributed by atoms with van der Waals surface area (Å²) in [6, 6.07) is 12.0. The Morgan fingerprint density at radius 2 is 2.00 bits per heavy atom. The van der Waals surface area contributed by atoms with E-state index in [-0.39, 0.29) is 12.4 Å². The molecule has 94 valence electrons. The van der Waals surface area contributed by atoms with E-state index >= 15 is 0 Å². The molecule has 0 amide bonds. The van der Waals surface area contributed by atoms with Crippen LogP contribution < -0.4 is 4.90 Å². The fraction of sp³-hybridized carbons (Fsp3) is 0.143. The van der Waals surface area contributed by atoms with Crippen LogP contribution in [0.3, 0.4) is 0 Å². The highest BCUT2D eigenvalue weighted by atomic mass is 79.9. The number of aliphatic hydroxyl groups is 1. The molecule has 0 bridgehead atoms. The van der Waals surface area contributed by atoms with Crippen LogP contribution >= 0.6 is 15.9 Å². The van der Waals surface area contributed by atoms with Gasteiger partial charge >= 0.3 is 0 Å². The Morgan fingerprint density at radius 3 is 2.67 bits per heavy atom. The van der Waals surface area contributed by atoms with Crippen molar-refractivity contribution in [2.24, 2.45) is 0 Å². The monoisotopic (exact) mass is 309 g/mol. The molecule has 0 radical (unpaired) electrons. The minimum Gasteiger partial charge on any atom is -0.392 e. The molecule has 0 unspecified atom stereocenters. The first-order valence-corrected chi connectivity index (χ1v) is 6.29. The van der Waals surface area contributed by atoms with Crippen molar-refractivity contribution in [1.29, 1.82) is 0 Å². The van der Waals surface area contributed by atoms with Crippen molar-refractivity contribution in [3.63, 3.8) is 0 Å². The highest BCUT2D eigenvalue weighted by molar-refractivity contribution is 9.10. The lowest BCUT2D eigenvalue weighted by atomic mass is 10.1. The normalized spacial score (nSPS) is 10.4. The number of anilines is 2. The van der Waals surface area contributed by atoms with Gasteiger partial charge in [0, 0.05) is 28.5 Å². The van der Waals surface area contributed by atoms with Crippen LogP contribution in [0.25, 0.3) is 0 Å². The summed E-state index contributed by atoms with van der Waals surface area (Å²) in [4.78, 5) is 1.85. The van der Waals surface area contributed by atoms with Gasteiger partial charge in [0.1, 0.15) is 5.82 Å². The molecule has 2 aromatic rings. The molecule has 0 atom stereocenters. The van der Waals surface area contributed by atoms with Gasteiger partial charge in [-0.25, -0.2) is 4.39 Å². The van der Waals surface area contributed by atoms with Crippen LogP contribution in [0, 0.1) is 5.82 Å². The van der Waals surface area contributed by atoms with Crippen LogP contribution in [0.2, 0.25) is 0 Å². The van der Waals surface area contributed by atoms with Crippen molar-refractivity contribution < 1.29 is 9.50 Å². The molecule has 0 saturated carbocycles. The maximum Gasteiger partial charge on any atom is 0.125 e. The zero-order valence-corrected chi connectivity index (χ0v) is 11.5. The molecule has 4 heteroatoms. The molecule has 0 aliphatic rings. The zero-order valence-electron chi connectivity index (χ0n) is 9.90. The van der Waals surface area contributed by atoms with E-state index in [1.54, 1.807) is 6.07 Å². The minimum atomic E-state index is -0.278. The average molecular weight is 310 g/mol. The number of aliphatic hydroxyl groups excluding tert-OH is 1. The summed E-state index contributed by atoms with van der Waals surface area (Å²) in [5.41, 5.74) is 2.38. The van der Waals surface area contributed by atoms with Crippen molar-refractivity contribution in [3.8, 4) is 0 Å². The number of hydrogen-bond donors (Lipinski definition) is 1. The molecule has 0 heterocycles. The Balaban J connectivity index is 2.44. The number of rotatable bonds is 3. The van der Waals surface area contributed by atoms with Gasteiger partial charge in [0.2, 0.25) is 0 Å². The van der Waals surface area contributed by atoms with E-state index in [2.05, 4.69) is 15.9 Å². The fourth-order valence-corrected chi connectivity index (χ4v) is 2.16. The predicted molar refractivity (Wildman–Crippen MR) is 74.5 cm³/mol. The topological polar surface area (TPSA) is 23.5 Å². The van der Waals surface area contributed by atoms with E-state index in [4.69, 9.17) is 0 Å². The van der Waals surface area contributed by atoms with E-state index < -0.39 is 0 Å². The first-order valence-electron chi connectivity index (χ1n) is 5.50. The zero-order chi connectivity index (χ0) is 13.1. The van der Waals surface area contributed by atoms with Gasteiger partial charge in [0.25, 0.3) is 0 Å². The van der Waals surface area contributed by atoms with Crippen LogP contribution in [0.4, 0.5) is 15.8 Å². The number of benzene rings is 2. The van der Waals surface area contributed by atoms with Crippen LogP contribution in [0.1, 0.15) is 5.56 Å². The molecule has 0 saturated heterocycles. The Kier molecular flexibility index (Phi) is 3.99. The van der Waals surface area contributed by atoms with Gasteiger partial charge < -0.3 is 10.0 Å². The van der Waals surface area contributed by atoms with Gasteiger partial charge in [0.15, 0.2) is 0 Å². The SMILES string of the molecule is CN(c1cccc(F)c1)c1cc(Br)ccc1CO. The lowest BCUT2D eigenvalue weighted by Gasteiger charge is -2.22. The van der Waals surface area contributed by atoms with Crippen molar-refractivity contribution in [2.75, 3.05) is 11.9 Å². The van der Waals surface area contributed by atoms with E-state index in [0.717, 1.165) is 21.4 Å². The van der Waals surface area contributed by atoms with Gasteiger partial charge in [-0.3, -0.25) is 0 Å². The van der Waals surface area contributed by atoms with Crippen LogP contribution in [0.5, 0.6) is 0 Å². The summed E-state index contributed by atoms with van der Waals surface area (Å²) < 4.78 is 14.1. The van der Waals surface area contributed by atoms with Crippen molar-refractivity contribution in [2.45, 2.75) is 6.61 Å². The molecule has 0 aromatic heterocycles. The van der Waals surface area contributed by atoms with Gasteiger partial charge in [-0.05, 0) is 30.3 Å². The maximum atomic E-state index is 13.2. The summed E-state index contributed by atoms with van der Waals surface area (Å²) >= 11 is 3.40. The Hall–Kier alpha value is -1.39. The lowest BCUT2D eigenvalue weighted by molar-refractivity contribution is 0.282. The van der Waals surface area contributed by atoms with Crippen LogP contribution in [0.15, 0.2) is 46.9 Å². The van der Waals surface area contributed by atoms with Crippen molar-refractivity contribution in [3.05, 3.63) is 58.3 Å². The molecule has 1 N–H and O–H groups in total. The highest BCUT2D eigenvalue weighted by Crippen LogP contribution is 2.30. The molecular weight excluding hydrogens is 297 g/mol. The molecule has 0 spiro atoms. The van der Waals surface area contributed by atoms with E-state index in [1.165, 1.54) is 12.1 Å². The standard InChI is InChI=1S/C14H13BrFNO/c1-17(13-4-2-3-12(16)8-13)14-7-11(15)6-5-10(14)9-18/h2-8,18H,9H2,1H3. The summed E-state index contributed by atoms with van der Waals surface area (Å²) in [5, 5.41) is 9.34. The summed E-state index contributed by atoms with van der Waals surface area (Å²) in [6.45, 7) is -0.0533. The van der Waals surface area contributed by atoms with Crippen molar-refractivity contribution in [1.82, 2.24) is 0 Å². The van der Waals surface area contributed by atoms with Gasteiger partial charge in [-0.1, -0.05) is 28.1 Å². The van der Waals surface area contributed by atoms with Crippen LogP contribution in [-0.4, -0.2) is 12.2 Å². The Bertz CT molecular complexity index is 559. The Morgan fingerprint density at radius 1 is 1.22 bits per heavy atom. The minimum absolute atomic E-state index is 0.0533. The summed E-state index contributed by atoms with van der Waals surface area (Å²) in [5.74, 6) is -0.278. The molecule has 0 aliphatic carbocycles. The highest BCUT2D eigenvalue weighted by Gasteiger charge is 2.10. The van der Waals surface area contributed by atoms with E-state index in [1.807, 2.05) is 36.2 Å². The molecule has 0 aliphatic heterocycles. The third kappa shape index (κ3) is 2.71. The van der Waals surface area contributed by atoms with Crippen molar-refractivity contribution >= 4 is 27.3 Å². The molecule has 2 nitrogen and oxygen atoms in total. The smallest absolute Gasteiger partial charge is 0.125 e. The van der Waals surface area contributed by atoms with Gasteiger partial charge in [-0.2, -0.15) is 0 Å². The fourth-order valence-electron chi connectivity index (χ4n) is 1.81. The lowest BCUT2D eigenvalue weighted by Crippen LogP contribution is -2.12. The second-order valence-electron chi connectivity index (χ2n) is 3.97. The predicted octanol–water partition coefficient (Wildman–Crippen LogP) is 3.85. The van der Waals surface area contributed by atoms with E-state index in [0.29, 0.717) is 0 Å². The molecular formula is C14H13BrFNO. The van der Waals surface area contributed by atoms with E-state index in [9.17, 15) is 9.50 Å². The molecule has 0 fully saturated rings. The maximum absolute atomic E-state index is 13.2. The molecule has 2 aromatic carbocycles. The quantitative estimate of drug-likeness (QED) is 0.931. The second kappa shape index (κ2) is 5.50. The number of hydrogen-bond acceptors (Lipinski definition) is 2. The average Bonchev–Trinajstić information content (AvgIpc) is 2.38. The van der Waals surface area contributed by atoms with Gasteiger partial charge in [0.05, 0.1) is 6.61 Å². The second-order valence-corrected chi connectivity index (χ2v) is 4.89. The third-order valence-corrected chi connectivity index (χ3v) is 3.27.